The van der Waals surface area contributed by atoms with Gasteiger partial charge in [0, 0.05) is 47.4 Å². The molecule has 0 saturated carbocycles. The molecule has 0 fully saturated rings. The maximum absolute atomic E-state index is 7.10. The van der Waals surface area contributed by atoms with E-state index in [0.717, 1.165) is 38.6 Å². The molecule has 7 aromatic carbocycles. The first-order chi connectivity index (χ1) is 23.9. The Kier molecular flexibility index (Phi) is 8.33. The average Bonchev–Trinajstić information content (AvgIpc) is 3.12. The largest absolute Gasteiger partial charge is 0.309 e. The molecule has 0 radical (unpaired) electrons. The van der Waals surface area contributed by atoms with Crippen LogP contribution in [0.15, 0.2) is 194 Å². The standard InChI is InChI=1S/C44H34BrClN2S/c1-31-23-36-29-40(25-31)49(38-19-11-5-12-20-38,39-21-13-6-14-22-39)41-26-32(2)24-37(30-41)48(35-17-9-4-10-18-35)43-28-33(46)27-42(44(43)45)47(36)34-15-7-3-8-16-34/h3-30H,1-2H3. The SMILES string of the molecule is Cc1cc2cc(c1)S(c1ccccc1)(c1ccccc1)c1cc(C)cc(c1)N(c1ccccc1)c1cc(Cl)cc(c1Br)N2c1ccccc1. The number of benzene rings is 7. The minimum atomic E-state index is -2.01. The molecule has 2 nitrogen and oxygen atoms in total. The molecule has 0 amide bonds. The Morgan fingerprint density at radius 1 is 0.429 bits per heavy atom. The second-order valence-corrected chi connectivity index (χ2v) is 16.7. The summed E-state index contributed by atoms with van der Waals surface area (Å²) in [5.74, 6) is 0. The summed E-state index contributed by atoms with van der Waals surface area (Å²) in [5.41, 5.74) is 8.52. The monoisotopic (exact) mass is 736 g/mol. The van der Waals surface area contributed by atoms with Crippen LogP contribution in [-0.2, 0) is 0 Å². The van der Waals surface area contributed by atoms with Gasteiger partial charge in [0.15, 0.2) is 0 Å². The van der Waals surface area contributed by atoms with Crippen molar-refractivity contribution in [3.63, 3.8) is 0 Å². The van der Waals surface area contributed by atoms with E-state index in [9.17, 15) is 0 Å². The van der Waals surface area contributed by atoms with E-state index in [1.54, 1.807) is 0 Å². The maximum Gasteiger partial charge on any atom is 0.0657 e. The zero-order valence-electron chi connectivity index (χ0n) is 27.2. The van der Waals surface area contributed by atoms with Gasteiger partial charge in [-0.1, -0.05) is 84.4 Å². The van der Waals surface area contributed by atoms with Crippen LogP contribution in [0.5, 0.6) is 0 Å². The fourth-order valence-corrected chi connectivity index (χ4v) is 11.9. The molecule has 8 rings (SSSR count). The highest BCUT2D eigenvalue weighted by molar-refractivity contribution is 9.10. The van der Waals surface area contributed by atoms with Gasteiger partial charge in [-0.3, -0.25) is 0 Å². The summed E-state index contributed by atoms with van der Waals surface area (Å²) in [6.45, 7) is 4.42. The van der Waals surface area contributed by atoms with E-state index in [0.29, 0.717) is 5.02 Å². The van der Waals surface area contributed by atoms with Crippen LogP contribution in [0.1, 0.15) is 11.1 Å². The van der Waals surface area contributed by atoms with Crippen LogP contribution in [-0.4, -0.2) is 0 Å². The second-order valence-electron chi connectivity index (χ2n) is 12.3. The van der Waals surface area contributed by atoms with Crippen molar-refractivity contribution in [2.24, 2.45) is 0 Å². The van der Waals surface area contributed by atoms with E-state index < -0.39 is 10.0 Å². The van der Waals surface area contributed by atoms with Gasteiger partial charge in [0.2, 0.25) is 0 Å². The van der Waals surface area contributed by atoms with Gasteiger partial charge >= 0.3 is 0 Å². The zero-order chi connectivity index (χ0) is 33.5. The molecule has 0 N–H and O–H groups in total. The molecule has 240 valence electrons. The minimum Gasteiger partial charge on any atom is -0.309 e. The molecule has 7 aromatic rings. The number of fused-ring (bicyclic) bond motifs is 6. The predicted octanol–water partition coefficient (Wildman–Crippen LogP) is 14.3. The third-order valence-electron chi connectivity index (χ3n) is 9.00. The van der Waals surface area contributed by atoms with Crippen LogP contribution >= 0.6 is 37.6 Å². The lowest BCUT2D eigenvalue weighted by Crippen LogP contribution is -2.17. The van der Waals surface area contributed by atoms with Crippen molar-refractivity contribution >= 4 is 71.7 Å². The van der Waals surface area contributed by atoms with Crippen molar-refractivity contribution in [1.82, 2.24) is 0 Å². The second kappa shape index (κ2) is 12.9. The van der Waals surface area contributed by atoms with E-state index in [1.807, 2.05) is 0 Å². The molecule has 1 aliphatic heterocycles. The van der Waals surface area contributed by atoms with Gasteiger partial charge in [-0.2, -0.15) is 0 Å². The molecule has 0 atom stereocenters. The highest BCUT2D eigenvalue weighted by atomic mass is 79.9. The van der Waals surface area contributed by atoms with Crippen molar-refractivity contribution in [2.75, 3.05) is 9.80 Å². The number of halogens is 2. The molecule has 0 unspecified atom stereocenters. The predicted molar refractivity (Wildman–Crippen MR) is 212 cm³/mol. The number of aryl methyl sites for hydroxylation is 2. The molecule has 0 saturated heterocycles. The number of hydrogen-bond donors (Lipinski definition) is 0. The lowest BCUT2D eigenvalue weighted by atomic mass is 10.1. The first-order valence-corrected chi connectivity index (χ1v) is 19.1. The van der Waals surface area contributed by atoms with Gasteiger partial charge in [0.25, 0.3) is 0 Å². The third-order valence-corrected chi connectivity index (χ3v) is 13.9. The van der Waals surface area contributed by atoms with Gasteiger partial charge in [0.1, 0.15) is 0 Å². The molecule has 0 aliphatic carbocycles. The Hall–Kier alpha value is -4.74. The van der Waals surface area contributed by atoms with Crippen LogP contribution in [0, 0.1) is 13.8 Å². The van der Waals surface area contributed by atoms with Crippen LogP contribution in [0.25, 0.3) is 0 Å². The van der Waals surface area contributed by atoms with Gasteiger partial charge in [0.05, 0.1) is 15.8 Å². The molecular formula is C44H34BrClN2S. The van der Waals surface area contributed by atoms with Gasteiger partial charge in [-0.25, -0.2) is 0 Å². The average molecular weight is 738 g/mol. The zero-order valence-corrected chi connectivity index (χ0v) is 30.4. The first kappa shape index (κ1) is 31.5. The Morgan fingerprint density at radius 2 is 0.796 bits per heavy atom. The van der Waals surface area contributed by atoms with E-state index >= 15 is 0 Å². The quantitative estimate of drug-likeness (QED) is 0.177. The Bertz CT molecular complexity index is 2120. The number of hydrogen-bond acceptors (Lipinski definition) is 2. The van der Waals surface area contributed by atoms with Gasteiger partial charge in [-0.15, -0.1) is 10.0 Å². The Morgan fingerprint density at radius 3 is 1.18 bits per heavy atom. The summed E-state index contributed by atoms with van der Waals surface area (Å²) in [6.07, 6.45) is 0. The van der Waals surface area contributed by atoms with E-state index in [-0.39, 0.29) is 0 Å². The number of para-hydroxylation sites is 2. The molecule has 49 heavy (non-hydrogen) atoms. The van der Waals surface area contributed by atoms with Gasteiger partial charge < -0.3 is 9.80 Å². The smallest absolute Gasteiger partial charge is 0.0657 e. The first-order valence-electron chi connectivity index (χ1n) is 16.3. The summed E-state index contributed by atoms with van der Waals surface area (Å²) in [6, 6.07) is 61.6. The lowest BCUT2D eigenvalue weighted by molar-refractivity contribution is 1.17. The lowest BCUT2D eigenvalue weighted by Gasteiger charge is -2.44. The minimum absolute atomic E-state index is 0.654. The highest BCUT2D eigenvalue weighted by Gasteiger charge is 2.36. The molecule has 6 bridgehead atoms. The fourth-order valence-electron chi connectivity index (χ4n) is 7.03. The molecule has 1 aliphatic rings. The molecular weight excluding hydrogens is 704 g/mol. The normalized spacial score (nSPS) is 14.0. The molecule has 1 heterocycles. The fraction of sp³-hybridized carbons (Fsp3) is 0.0455. The van der Waals surface area contributed by atoms with Crippen LogP contribution in [0.2, 0.25) is 5.02 Å². The Labute approximate surface area is 303 Å². The summed E-state index contributed by atoms with van der Waals surface area (Å²) in [5, 5.41) is 0.654. The summed E-state index contributed by atoms with van der Waals surface area (Å²) in [4.78, 5) is 9.77. The van der Waals surface area contributed by atoms with E-state index in [2.05, 4.69) is 209 Å². The maximum atomic E-state index is 7.10. The van der Waals surface area contributed by atoms with Crippen molar-refractivity contribution in [2.45, 2.75) is 33.4 Å². The van der Waals surface area contributed by atoms with Crippen LogP contribution < -0.4 is 9.80 Å². The van der Waals surface area contributed by atoms with Crippen LogP contribution in [0.4, 0.5) is 34.1 Å². The van der Waals surface area contributed by atoms with Crippen molar-refractivity contribution < 1.29 is 0 Å². The van der Waals surface area contributed by atoms with Crippen molar-refractivity contribution in [3.05, 3.63) is 190 Å². The molecule has 5 heteroatoms. The number of rotatable bonds is 4. The van der Waals surface area contributed by atoms with Crippen molar-refractivity contribution in [3.8, 4) is 0 Å². The molecule has 0 spiro atoms. The molecule has 0 aromatic heterocycles. The number of nitrogens with zero attached hydrogens (tertiary/aromatic N) is 2. The summed E-state index contributed by atoms with van der Waals surface area (Å²) in [7, 11) is -2.01. The summed E-state index contributed by atoms with van der Waals surface area (Å²) >= 11 is 11.2. The van der Waals surface area contributed by atoms with Gasteiger partial charge in [-0.05, 0) is 138 Å². The highest BCUT2D eigenvalue weighted by Crippen LogP contribution is 2.74. The third kappa shape index (κ3) is 5.54. The van der Waals surface area contributed by atoms with Crippen molar-refractivity contribution in [1.29, 1.82) is 0 Å². The topological polar surface area (TPSA) is 6.48 Å². The Balaban J connectivity index is 1.60. The van der Waals surface area contributed by atoms with E-state index in [4.69, 9.17) is 11.6 Å². The van der Waals surface area contributed by atoms with E-state index in [1.165, 1.54) is 30.7 Å². The van der Waals surface area contributed by atoms with Crippen LogP contribution in [0.3, 0.4) is 0 Å². The number of anilines is 6. The summed E-state index contributed by atoms with van der Waals surface area (Å²) < 4.78 is 0.945.